The quantitative estimate of drug-likeness (QED) is 0.746. The lowest BCUT2D eigenvalue weighted by molar-refractivity contribution is 0.0251. The average Bonchev–Trinajstić information content (AvgIpc) is 2.44. The first-order valence-electron chi connectivity index (χ1n) is 6.20. The Bertz CT molecular complexity index is 676. The number of hydrogen-bond donors (Lipinski definition) is 3. The maximum absolute atomic E-state index is 11.4. The molecular weight excluding hydrogens is 260 g/mol. The second-order valence-corrected chi connectivity index (χ2v) is 4.46. The summed E-state index contributed by atoms with van der Waals surface area (Å²) >= 11 is 0. The third kappa shape index (κ3) is 3.43. The summed E-state index contributed by atoms with van der Waals surface area (Å²) in [7, 11) is 0. The molecule has 0 aliphatic rings. The highest BCUT2D eigenvalue weighted by atomic mass is 16.5. The molecule has 0 spiro atoms. The van der Waals surface area contributed by atoms with E-state index in [0.717, 1.165) is 5.56 Å². The normalized spacial score (nSPS) is 12.3. The van der Waals surface area contributed by atoms with Crippen molar-refractivity contribution >= 4 is 0 Å². The minimum absolute atomic E-state index is 0.00483. The van der Waals surface area contributed by atoms with Crippen LogP contribution in [0.3, 0.4) is 0 Å². The van der Waals surface area contributed by atoms with Crippen molar-refractivity contribution in [3.8, 4) is 0 Å². The number of H-pyrrole nitrogens is 2. The SMILES string of the molecule is Cc1c(C(O)COCc2ccccc2)[nH]c(=O)[nH]c1=O. The number of benzene rings is 1. The number of ether oxygens (including phenoxy) is 1. The summed E-state index contributed by atoms with van der Waals surface area (Å²) in [6, 6.07) is 9.52. The maximum atomic E-state index is 11.4. The van der Waals surface area contributed by atoms with Crippen molar-refractivity contribution in [1.29, 1.82) is 0 Å². The molecule has 106 valence electrons. The van der Waals surface area contributed by atoms with Crippen LogP contribution in [0.5, 0.6) is 0 Å². The summed E-state index contributed by atoms with van der Waals surface area (Å²) < 4.78 is 5.39. The van der Waals surface area contributed by atoms with Gasteiger partial charge >= 0.3 is 5.69 Å². The Balaban J connectivity index is 2.00. The van der Waals surface area contributed by atoms with Crippen molar-refractivity contribution < 1.29 is 9.84 Å². The number of aromatic nitrogens is 2. The van der Waals surface area contributed by atoms with Crippen LogP contribution in [0.15, 0.2) is 39.9 Å². The van der Waals surface area contributed by atoms with E-state index in [9.17, 15) is 14.7 Å². The Labute approximate surface area is 115 Å². The smallest absolute Gasteiger partial charge is 0.325 e. The van der Waals surface area contributed by atoms with E-state index in [1.807, 2.05) is 30.3 Å². The largest absolute Gasteiger partial charge is 0.384 e. The summed E-state index contributed by atoms with van der Waals surface area (Å²) in [4.78, 5) is 27.2. The number of rotatable bonds is 5. The van der Waals surface area contributed by atoms with Gasteiger partial charge in [0.25, 0.3) is 5.56 Å². The number of nitrogens with one attached hydrogen (secondary N) is 2. The predicted octanol–water partition coefficient (Wildman–Crippen LogP) is 0.622. The fourth-order valence-corrected chi connectivity index (χ4v) is 1.85. The highest BCUT2D eigenvalue weighted by Crippen LogP contribution is 2.11. The first-order chi connectivity index (χ1) is 9.58. The van der Waals surface area contributed by atoms with E-state index in [-0.39, 0.29) is 17.9 Å². The molecule has 1 aromatic heterocycles. The zero-order chi connectivity index (χ0) is 14.5. The number of aromatic amines is 2. The van der Waals surface area contributed by atoms with Gasteiger partial charge in [-0.3, -0.25) is 9.78 Å². The van der Waals surface area contributed by atoms with Gasteiger partial charge in [0.05, 0.1) is 18.9 Å². The van der Waals surface area contributed by atoms with Gasteiger partial charge in [0, 0.05) is 5.56 Å². The van der Waals surface area contributed by atoms with Gasteiger partial charge < -0.3 is 14.8 Å². The molecule has 6 nitrogen and oxygen atoms in total. The number of aliphatic hydroxyl groups is 1. The van der Waals surface area contributed by atoms with E-state index in [4.69, 9.17) is 4.74 Å². The van der Waals surface area contributed by atoms with E-state index in [0.29, 0.717) is 6.61 Å². The first kappa shape index (κ1) is 14.2. The molecule has 2 aromatic rings. The molecule has 0 bridgehead atoms. The monoisotopic (exact) mass is 276 g/mol. The predicted molar refractivity (Wildman–Crippen MR) is 73.5 cm³/mol. The molecule has 0 amide bonds. The van der Waals surface area contributed by atoms with E-state index >= 15 is 0 Å². The highest BCUT2D eigenvalue weighted by molar-refractivity contribution is 5.17. The Morgan fingerprint density at radius 1 is 1.20 bits per heavy atom. The maximum Gasteiger partial charge on any atom is 0.325 e. The van der Waals surface area contributed by atoms with Crippen LogP contribution in [0.1, 0.15) is 22.9 Å². The molecule has 0 aliphatic carbocycles. The topological polar surface area (TPSA) is 95.2 Å². The zero-order valence-electron chi connectivity index (χ0n) is 11.1. The molecule has 0 radical (unpaired) electrons. The molecule has 6 heteroatoms. The van der Waals surface area contributed by atoms with Crippen LogP contribution < -0.4 is 11.2 Å². The lowest BCUT2D eigenvalue weighted by Gasteiger charge is -2.13. The van der Waals surface area contributed by atoms with Crippen LogP contribution in [0.25, 0.3) is 0 Å². The Kier molecular flexibility index (Phi) is 4.49. The summed E-state index contributed by atoms with van der Waals surface area (Å²) in [5.41, 5.74) is 0.298. The third-order valence-corrected chi connectivity index (χ3v) is 2.94. The van der Waals surface area contributed by atoms with Crippen molar-refractivity contribution in [3.05, 3.63) is 68.0 Å². The van der Waals surface area contributed by atoms with Gasteiger partial charge in [0.15, 0.2) is 0 Å². The van der Waals surface area contributed by atoms with E-state index in [1.165, 1.54) is 6.92 Å². The van der Waals surface area contributed by atoms with E-state index < -0.39 is 17.4 Å². The van der Waals surface area contributed by atoms with Crippen LogP contribution >= 0.6 is 0 Å². The molecule has 3 N–H and O–H groups in total. The van der Waals surface area contributed by atoms with Crippen LogP contribution in [-0.2, 0) is 11.3 Å². The second-order valence-electron chi connectivity index (χ2n) is 4.46. The molecule has 1 aromatic carbocycles. The summed E-state index contributed by atoms with van der Waals surface area (Å²) in [5.74, 6) is 0. The van der Waals surface area contributed by atoms with E-state index in [1.54, 1.807) is 0 Å². The molecule has 0 fully saturated rings. The van der Waals surface area contributed by atoms with Crippen molar-refractivity contribution in [2.75, 3.05) is 6.61 Å². The van der Waals surface area contributed by atoms with Crippen molar-refractivity contribution in [1.82, 2.24) is 9.97 Å². The van der Waals surface area contributed by atoms with Crippen LogP contribution in [-0.4, -0.2) is 21.7 Å². The van der Waals surface area contributed by atoms with Gasteiger partial charge in [-0.2, -0.15) is 0 Å². The average molecular weight is 276 g/mol. The highest BCUT2D eigenvalue weighted by Gasteiger charge is 2.14. The zero-order valence-corrected chi connectivity index (χ0v) is 11.1. The lowest BCUT2D eigenvalue weighted by Crippen LogP contribution is -2.28. The van der Waals surface area contributed by atoms with Gasteiger partial charge in [-0.1, -0.05) is 30.3 Å². The number of hydrogen-bond acceptors (Lipinski definition) is 4. The molecule has 1 atom stereocenters. The van der Waals surface area contributed by atoms with Gasteiger partial charge in [-0.15, -0.1) is 0 Å². The van der Waals surface area contributed by atoms with Crippen molar-refractivity contribution in [3.63, 3.8) is 0 Å². The molecular formula is C14H16N2O4. The Morgan fingerprint density at radius 2 is 1.90 bits per heavy atom. The Hall–Kier alpha value is -2.18. The minimum Gasteiger partial charge on any atom is -0.384 e. The summed E-state index contributed by atoms with van der Waals surface area (Å²) in [6.07, 6.45) is -1.05. The van der Waals surface area contributed by atoms with Crippen molar-refractivity contribution in [2.45, 2.75) is 19.6 Å². The minimum atomic E-state index is -1.05. The fraction of sp³-hybridized carbons (Fsp3) is 0.286. The first-order valence-corrected chi connectivity index (χ1v) is 6.20. The van der Waals surface area contributed by atoms with E-state index in [2.05, 4.69) is 9.97 Å². The Morgan fingerprint density at radius 3 is 2.60 bits per heavy atom. The van der Waals surface area contributed by atoms with Gasteiger partial charge in [0.1, 0.15) is 6.10 Å². The second kappa shape index (κ2) is 6.31. The fourth-order valence-electron chi connectivity index (χ4n) is 1.85. The summed E-state index contributed by atoms with van der Waals surface area (Å²) in [6.45, 7) is 1.88. The molecule has 20 heavy (non-hydrogen) atoms. The molecule has 0 saturated heterocycles. The molecule has 1 heterocycles. The lowest BCUT2D eigenvalue weighted by atomic mass is 10.1. The van der Waals surface area contributed by atoms with Crippen molar-refractivity contribution in [2.24, 2.45) is 0 Å². The van der Waals surface area contributed by atoms with Crippen LogP contribution in [0.4, 0.5) is 0 Å². The molecule has 1 unspecified atom stereocenters. The number of aliphatic hydroxyl groups excluding tert-OH is 1. The van der Waals surface area contributed by atoms with Crippen LogP contribution in [0, 0.1) is 6.92 Å². The molecule has 2 rings (SSSR count). The standard InChI is InChI=1S/C14H16N2O4/c1-9-12(15-14(19)16-13(9)18)11(17)8-20-7-10-5-3-2-4-6-10/h2-6,11,17H,7-8H2,1H3,(H2,15,16,18,19). The van der Waals surface area contributed by atoms with Crippen LogP contribution in [0.2, 0.25) is 0 Å². The van der Waals surface area contributed by atoms with Gasteiger partial charge in [-0.05, 0) is 12.5 Å². The van der Waals surface area contributed by atoms with Gasteiger partial charge in [0.2, 0.25) is 0 Å². The van der Waals surface area contributed by atoms with Gasteiger partial charge in [-0.25, -0.2) is 4.79 Å². The summed E-state index contributed by atoms with van der Waals surface area (Å²) in [5, 5.41) is 9.98. The molecule has 0 aliphatic heterocycles. The third-order valence-electron chi connectivity index (χ3n) is 2.94. The molecule has 0 saturated carbocycles.